The van der Waals surface area contributed by atoms with Crippen LogP contribution < -0.4 is 5.32 Å². The van der Waals surface area contributed by atoms with Crippen molar-refractivity contribution in [3.63, 3.8) is 0 Å². The fraction of sp³-hybridized carbons (Fsp3) is 0.765. The zero-order chi connectivity index (χ0) is 14.7. The minimum Gasteiger partial charge on any atom is -0.468 e. The van der Waals surface area contributed by atoms with Crippen molar-refractivity contribution in [3.05, 3.63) is 23.7 Å². The second-order valence-corrected chi connectivity index (χ2v) is 6.94. The Hall–Kier alpha value is -0.840. The van der Waals surface area contributed by atoms with Crippen LogP contribution in [0.5, 0.6) is 0 Å². The highest BCUT2D eigenvalue weighted by Crippen LogP contribution is 2.27. The molecule has 21 heavy (non-hydrogen) atoms. The Morgan fingerprint density at radius 1 is 1.24 bits per heavy atom. The quantitative estimate of drug-likeness (QED) is 0.835. The van der Waals surface area contributed by atoms with Gasteiger partial charge in [0, 0.05) is 44.3 Å². The average Bonchev–Trinajstić information content (AvgIpc) is 3.22. The molecular formula is C17H29N3O. The predicted molar refractivity (Wildman–Crippen MR) is 85.1 cm³/mol. The maximum atomic E-state index is 5.72. The molecule has 0 amide bonds. The van der Waals surface area contributed by atoms with Crippen molar-refractivity contribution >= 4 is 0 Å². The molecular weight excluding hydrogens is 262 g/mol. The summed E-state index contributed by atoms with van der Waals surface area (Å²) in [6.07, 6.45) is 4.68. The van der Waals surface area contributed by atoms with E-state index in [9.17, 15) is 0 Å². The molecule has 1 saturated heterocycles. The molecule has 0 spiro atoms. The highest BCUT2D eigenvalue weighted by molar-refractivity contribution is 5.17. The van der Waals surface area contributed by atoms with E-state index in [1.54, 1.807) is 0 Å². The molecule has 2 heterocycles. The molecule has 1 aliphatic heterocycles. The first kappa shape index (κ1) is 15.1. The molecule has 0 bridgehead atoms. The molecule has 4 heteroatoms. The van der Waals surface area contributed by atoms with E-state index in [2.05, 4.69) is 35.0 Å². The number of furan rings is 1. The van der Waals surface area contributed by atoms with Crippen LogP contribution in [0.3, 0.4) is 0 Å². The minimum absolute atomic E-state index is 0.691. The Morgan fingerprint density at radius 3 is 2.67 bits per heavy atom. The summed E-state index contributed by atoms with van der Waals surface area (Å²) in [7, 11) is 0. The van der Waals surface area contributed by atoms with Crippen molar-refractivity contribution in [3.8, 4) is 0 Å². The zero-order valence-electron chi connectivity index (χ0n) is 13.5. The molecule has 1 N–H and O–H groups in total. The van der Waals surface area contributed by atoms with E-state index in [1.807, 2.05) is 6.26 Å². The van der Waals surface area contributed by atoms with Crippen LogP contribution in [-0.2, 0) is 13.1 Å². The molecule has 1 saturated carbocycles. The first-order chi connectivity index (χ1) is 10.2. The summed E-state index contributed by atoms with van der Waals surface area (Å²) < 4.78 is 5.72. The summed E-state index contributed by atoms with van der Waals surface area (Å²) in [4.78, 5) is 5.19. The molecule has 0 unspecified atom stereocenters. The zero-order valence-corrected chi connectivity index (χ0v) is 13.5. The van der Waals surface area contributed by atoms with E-state index in [4.69, 9.17) is 4.42 Å². The monoisotopic (exact) mass is 291 g/mol. The summed E-state index contributed by atoms with van der Waals surface area (Å²) in [6, 6.07) is 3.02. The average molecular weight is 291 g/mol. The van der Waals surface area contributed by atoms with Gasteiger partial charge in [-0.2, -0.15) is 0 Å². The third-order valence-electron chi connectivity index (χ3n) is 4.54. The van der Waals surface area contributed by atoms with Gasteiger partial charge >= 0.3 is 0 Å². The van der Waals surface area contributed by atoms with Gasteiger partial charge in [-0.1, -0.05) is 13.8 Å². The van der Waals surface area contributed by atoms with Gasteiger partial charge in [0.15, 0.2) is 0 Å². The summed E-state index contributed by atoms with van der Waals surface area (Å²) in [5, 5.41) is 3.51. The first-order valence-electron chi connectivity index (χ1n) is 8.44. The number of hydrogen-bond acceptors (Lipinski definition) is 4. The molecule has 4 nitrogen and oxygen atoms in total. The van der Waals surface area contributed by atoms with Crippen LogP contribution in [0.4, 0.5) is 0 Å². The van der Waals surface area contributed by atoms with Gasteiger partial charge in [-0.25, -0.2) is 0 Å². The lowest BCUT2D eigenvalue weighted by atomic mass is 10.2. The molecule has 1 aromatic heterocycles. The highest BCUT2D eigenvalue weighted by Gasteiger charge is 2.31. The van der Waals surface area contributed by atoms with E-state index in [0.29, 0.717) is 5.92 Å². The third-order valence-corrected chi connectivity index (χ3v) is 4.54. The maximum absolute atomic E-state index is 5.72. The van der Waals surface area contributed by atoms with Crippen molar-refractivity contribution in [2.75, 3.05) is 32.7 Å². The van der Waals surface area contributed by atoms with Crippen LogP contribution in [-0.4, -0.2) is 48.6 Å². The molecule has 3 rings (SSSR count). The lowest BCUT2D eigenvalue weighted by Crippen LogP contribution is -2.46. The summed E-state index contributed by atoms with van der Waals surface area (Å²) in [6.45, 7) is 12.2. The number of nitrogens with zero attached hydrogens (tertiary/aromatic N) is 2. The fourth-order valence-electron chi connectivity index (χ4n) is 3.09. The largest absolute Gasteiger partial charge is 0.468 e. The molecule has 0 radical (unpaired) electrons. The van der Waals surface area contributed by atoms with Gasteiger partial charge in [0.25, 0.3) is 0 Å². The van der Waals surface area contributed by atoms with E-state index >= 15 is 0 Å². The van der Waals surface area contributed by atoms with Gasteiger partial charge in [0.1, 0.15) is 5.76 Å². The SMILES string of the molecule is CC(C)CNCc1ccoc1CN1CCN(C2CC2)CC1. The smallest absolute Gasteiger partial charge is 0.122 e. The van der Waals surface area contributed by atoms with E-state index in [-0.39, 0.29) is 0 Å². The highest BCUT2D eigenvalue weighted by atomic mass is 16.3. The standard InChI is InChI=1S/C17H29N3O/c1-14(2)11-18-12-15-5-10-21-17(15)13-19-6-8-20(9-7-19)16-3-4-16/h5,10,14,16,18H,3-4,6-9,11-13H2,1-2H3. The lowest BCUT2D eigenvalue weighted by molar-refractivity contribution is 0.115. The maximum Gasteiger partial charge on any atom is 0.122 e. The second kappa shape index (κ2) is 6.95. The third kappa shape index (κ3) is 4.31. The lowest BCUT2D eigenvalue weighted by Gasteiger charge is -2.34. The van der Waals surface area contributed by atoms with Crippen LogP contribution in [0.25, 0.3) is 0 Å². The van der Waals surface area contributed by atoms with Gasteiger partial charge in [0.05, 0.1) is 12.8 Å². The van der Waals surface area contributed by atoms with Gasteiger partial charge in [0.2, 0.25) is 0 Å². The molecule has 0 atom stereocenters. The minimum atomic E-state index is 0.691. The summed E-state index contributed by atoms with van der Waals surface area (Å²) in [5.74, 6) is 1.84. The summed E-state index contributed by atoms with van der Waals surface area (Å²) >= 11 is 0. The van der Waals surface area contributed by atoms with E-state index in [0.717, 1.165) is 31.4 Å². The molecule has 1 aromatic rings. The number of nitrogens with one attached hydrogen (secondary N) is 1. The van der Waals surface area contributed by atoms with Gasteiger partial charge in [-0.15, -0.1) is 0 Å². The van der Waals surface area contributed by atoms with Crippen LogP contribution in [0.2, 0.25) is 0 Å². The molecule has 2 fully saturated rings. The van der Waals surface area contributed by atoms with Gasteiger partial charge < -0.3 is 9.73 Å². The van der Waals surface area contributed by atoms with Crippen molar-refractivity contribution in [2.45, 2.75) is 45.8 Å². The molecule has 2 aliphatic rings. The normalized spacial score (nSPS) is 21.3. The molecule has 118 valence electrons. The Morgan fingerprint density at radius 2 is 2.00 bits per heavy atom. The van der Waals surface area contributed by atoms with Crippen molar-refractivity contribution in [1.82, 2.24) is 15.1 Å². The van der Waals surface area contributed by atoms with E-state index < -0.39 is 0 Å². The number of piperazine rings is 1. The Kier molecular flexibility index (Phi) is 4.99. The number of hydrogen-bond donors (Lipinski definition) is 1. The topological polar surface area (TPSA) is 31.7 Å². The van der Waals surface area contributed by atoms with Crippen LogP contribution in [0.1, 0.15) is 38.0 Å². The Bertz CT molecular complexity index is 431. The second-order valence-electron chi connectivity index (χ2n) is 6.94. The van der Waals surface area contributed by atoms with Crippen LogP contribution >= 0.6 is 0 Å². The first-order valence-corrected chi connectivity index (χ1v) is 8.44. The predicted octanol–water partition coefficient (Wildman–Crippen LogP) is 2.31. The van der Waals surface area contributed by atoms with Crippen molar-refractivity contribution in [1.29, 1.82) is 0 Å². The fourth-order valence-corrected chi connectivity index (χ4v) is 3.09. The van der Waals surface area contributed by atoms with Crippen LogP contribution in [0.15, 0.2) is 16.7 Å². The van der Waals surface area contributed by atoms with Gasteiger partial charge in [-0.05, 0) is 31.4 Å². The van der Waals surface area contributed by atoms with Crippen molar-refractivity contribution in [2.24, 2.45) is 5.92 Å². The van der Waals surface area contributed by atoms with Gasteiger partial charge in [-0.3, -0.25) is 9.80 Å². The van der Waals surface area contributed by atoms with Crippen molar-refractivity contribution < 1.29 is 4.42 Å². The van der Waals surface area contributed by atoms with E-state index in [1.165, 1.54) is 44.6 Å². The number of rotatable bonds is 7. The summed E-state index contributed by atoms with van der Waals surface area (Å²) in [5.41, 5.74) is 1.32. The molecule has 0 aromatic carbocycles. The molecule has 1 aliphatic carbocycles. The Balaban J connectivity index is 1.45. The van der Waals surface area contributed by atoms with Crippen LogP contribution in [0, 0.1) is 5.92 Å². The Labute approximate surface area is 128 Å².